The summed E-state index contributed by atoms with van der Waals surface area (Å²) < 4.78 is 0. The van der Waals surface area contributed by atoms with Crippen molar-refractivity contribution in [2.75, 3.05) is 23.9 Å². The lowest BCUT2D eigenvalue weighted by Gasteiger charge is -2.18. The lowest BCUT2D eigenvalue weighted by molar-refractivity contribution is 0.869. The molecular weight excluding hydrogens is 232 g/mol. The van der Waals surface area contributed by atoms with Gasteiger partial charge in [-0.15, -0.1) is 11.8 Å². The number of benzene rings is 1. The van der Waals surface area contributed by atoms with Crippen molar-refractivity contribution in [1.82, 2.24) is 10.2 Å². The molecule has 0 saturated carbocycles. The molecule has 0 amide bonds. The second-order valence-corrected chi connectivity index (χ2v) is 4.75. The number of anilines is 2. The van der Waals surface area contributed by atoms with Crippen molar-refractivity contribution in [2.45, 2.75) is 11.4 Å². The van der Waals surface area contributed by atoms with Gasteiger partial charge in [-0.05, 0) is 30.5 Å². The summed E-state index contributed by atoms with van der Waals surface area (Å²) in [4.78, 5) is 3.42. The van der Waals surface area contributed by atoms with Crippen LogP contribution in [0.2, 0.25) is 0 Å². The van der Waals surface area contributed by atoms with Crippen LogP contribution in [-0.2, 0) is 6.54 Å². The fraction of sp³-hybridized carbons (Fsp3) is 0.250. The zero-order chi connectivity index (χ0) is 12.3. The van der Waals surface area contributed by atoms with E-state index in [0.29, 0.717) is 5.82 Å². The first-order chi connectivity index (χ1) is 8.19. The van der Waals surface area contributed by atoms with Crippen molar-refractivity contribution < 1.29 is 0 Å². The number of hydrogen-bond acceptors (Lipinski definition) is 4. The zero-order valence-electron chi connectivity index (χ0n) is 9.97. The number of nitrogens with two attached hydrogens (primary N) is 1. The Morgan fingerprint density at radius 3 is 2.59 bits per heavy atom. The first-order valence-electron chi connectivity index (χ1n) is 5.34. The quantitative estimate of drug-likeness (QED) is 0.815. The smallest absolute Gasteiger partial charge is 0.145 e. The summed E-state index contributed by atoms with van der Waals surface area (Å²) in [6.45, 7) is 0.767. The van der Waals surface area contributed by atoms with Crippen LogP contribution >= 0.6 is 11.8 Å². The highest BCUT2D eigenvalue weighted by Gasteiger charge is 2.04. The van der Waals surface area contributed by atoms with E-state index in [1.54, 1.807) is 11.8 Å². The molecule has 0 fully saturated rings. The van der Waals surface area contributed by atoms with Crippen LogP contribution in [0.5, 0.6) is 0 Å². The molecule has 1 aromatic carbocycles. The first kappa shape index (κ1) is 11.9. The molecule has 0 aliphatic rings. The molecule has 0 aliphatic heterocycles. The fourth-order valence-corrected chi connectivity index (χ4v) is 2.05. The molecule has 3 N–H and O–H groups in total. The molecule has 0 radical (unpaired) electrons. The van der Waals surface area contributed by atoms with E-state index in [1.165, 1.54) is 10.6 Å². The molecule has 1 heterocycles. The van der Waals surface area contributed by atoms with Gasteiger partial charge in [-0.2, -0.15) is 5.10 Å². The van der Waals surface area contributed by atoms with E-state index in [-0.39, 0.29) is 0 Å². The minimum atomic E-state index is 0.533. The SMILES string of the molecule is CSc1ccc(N(C)Cc2cc(N)n[nH]2)cc1. The molecule has 0 bridgehead atoms. The van der Waals surface area contributed by atoms with Gasteiger partial charge in [0.25, 0.3) is 0 Å². The minimum absolute atomic E-state index is 0.533. The molecule has 0 aliphatic carbocycles. The Balaban J connectivity index is 2.06. The van der Waals surface area contributed by atoms with Gasteiger partial charge in [-0.1, -0.05) is 0 Å². The average Bonchev–Trinajstić information content (AvgIpc) is 2.75. The Bertz CT molecular complexity index is 478. The molecule has 90 valence electrons. The van der Waals surface area contributed by atoms with Gasteiger partial charge in [-0.3, -0.25) is 5.10 Å². The predicted molar refractivity (Wildman–Crippen MR) is 73.3 cm³/mol. The largest absolute Gasteiger partial charge is 0.382 e. The number of hydrogen-bond donors (Lipinski definition) is 2. The number of nitrogen functional groups attached to an aromatic ring is 1. The summed E-state index contributed by atoms with van der Waals surface area (Å²) in [6, 6.07) is 10.3. The fourth-order valence-electron chi connectivity index (χ4n) is 1.64. The molecule has 17 heavy (non-hydrogen) atoms. The topological polar surface area (TPSA) is 57.9 Å². The van der Waals surface area contributed by atoms with Gasteiger partial charge in [0, 0.05) is 23.7 Å². The molecule has 1 aromatic heterocycles. The van der Waals surface area contributed by atoms with Crippen LogP contribution in [0.15, 0.2) is 35.2 Å². The van der Waals surface area contributed by atoms with Gasteiger partial charge in [0.15, 0.2) is 0 Å². The molecular formula is C12H16N4S. The summed E-state index contributed by atoms with van der Waals surface area (Å²) in [5.74, 6) is 0.533. The number of aromatic nitrogens is 2. The van der Waals surface area contributed by atoms with E-state index in [2.05, 4.69) is 45.6 Å². The van der Waals surface area contributed by atoms with Crippen molar-refractivity contribution in [3.8, 4) is 0 Å². The summed E-state index contributed by atoms with van der Waals surface area (Å²) in [7, 11) is 2.05. The van der Waals surface area contributed by atoms with E-state index in [4.69, 9.17) is 5.73 Å². The van der Waals surface area contributed by atoms with Gasteiger partial charge >= 0.3 is 0 Å². The number of nitrogens with one attached hydrogen (secondary N) is 1. The van der Waals surface area contributed by atoms with E-state index >= 15 is 0 Å². The van der Waals surface area contributed by atoms with E-state index in [9.17, 15) is 0 Å². The molecule has 0 spiro atoms. The second kappa shape index (κ2) is 5.14. The normalized spacial score (nSPS) is 10.5. The molecule has 2 rings (SSSR count). The Hall–Kier alpha value is -1.62. The minimum Gasteiger partial charge on any atom is -0.382 e. The highest BCUT2D eigenvalue weighted by atomic mass is 32.2. The number of aromatic amines is 1. The van der Waals surface area contributed by atoms with Crippen LogP contribution in [0, 0.1) is 0 Å². The summed E-state index contributed by atoms with van der Waals surface area (Å²) in [5.41, 5.74) is 7.76. The first-order valence-corrected chi connectivity index (χ1v) is 6.56. The highest BCUT2D eigenvalue weighted by molar-refractivity contribution is 7.98. The number of rotatable bonds is 4. The highest BCUT2D eigenvalue weighted by Crippen LogP contribution is 2.20. The predicted octanol–water partition coefficient (Wildman–Crippen LogP) is 2.35. The van der Waals surface area contributed by atoms with Gasteiger partial charge in [0.2, 0.25) is 0 Å². The summed E-state index contributed by atoms with van der Waals surface area (Å²) >= 11 is 1.75. The van der Waals surface area contributed by atoms with Gasteiger partial charge in [0.1, 0.15) is 5.82 Å². The number of H-pyrrole nitrogens is 1. The molecule has 4 nitrogen and oxygen atoms in total. The Morgan fingerprint density at radius 2 is 2.06 bits per heavy atom. The van der Waals surface area contributed by atoms with E-state index in [1.807, 2.05) is 13.1 Å². The molecule has 0 saturated heterocycles. The molecule has 2 aromatic rings. The Kier molecular flexibility index (Phi) is 3.58. The third-order valence-electron chi connectivity index (χ3n) is 2.57. The van der Waals surface area contributed by atoms with Crippen molar-refractivity contribution >= 4 is 23.3 Å². The molecule has 0 unspecified atom stereocenters. The zero-order valence-corrected chi connectivity index (χ0v) is 10.8. The van der Waals surface area contributed by atoms with Gasteiger partial charge < -0.3 is 10.6 Å². The van der Waals surface area contributed by atoms with Crippen LogP contribution in [0.25, 0.3) is 0 Å². The monoisotopic (exact) mass is 248 g/mol. The lowest BCUT2D eigenvalue weighted by atomic mass is 10.3. The standard InChI is InChI=1S/C12H16N4S/c1-16(8-9-7-12(13)15-14-9)10-3-5-11(17-2)6-4-10/h3-7H,8H2,1-2H3,(H3,13,14,15). The maximum Gasteiger partial charge on any atom is 0.145 e. The number of nitrogens with zero attached hydrogens (tertiary/aromatic N) is 2. The maximum atomic E-state index is 5.57. The lowest BCUT2D eigenvalue weighted by Crippen LogP contribution is -2.16. The Labute approximate surface area is 105 Å². The van der Waals surface area contributed by atoms with Crippen LogP contribution in [-0.4, -0.2) is 23.5 Å². The second-order valence-electron chi connectivity index (χ2n) is 3.87. The van der Waals surface area contributed by atoms with E-state index < -0.39 is 0 Å². The average molecular weight is 248 g/mol. The van der Waals surface area contributed by atoms with Gasteiger partial charge in [0.05, 0.1) is 12.2 Å². The molecule has 5 heteroatoms. The third-order valence-corrected chi connectivity index (χ3v) is 3.32. The third kappa shape index (κ3) is 2.94. The van der Waals surface area contributed by atoms with Crippen LogP contribution in [0.3, 0.4) is 0 Å². The summed E-state index contributed by atoms with van der Waals surface area (Å²) in [5, 5.41) is 6.82. The van der Waals surface area contributed by atoms with Crippen LogP contribution in [0.1, 0.15) is 5.69 Å². The van der Waals surface area contributed by atoms with Crippen molar-refractivity contribution in [3.63, 3.8) is 0 Å². The van der Waals surface area contributed by atoms with Crippen LogP contribution in [0.4, 0.5) is 11.5 Å². The Morgan fingerprint density at radius 1 is 1.35 bits per heavy atom. The summed E-state index contributed by atoms with van der Waals surface area (Å²) in [6.07, 6.45) is 2.08. The van der Waals surface area contributed by atoms with Crippen molar-refractivity contribution in [3.05, 3.63) is 36.0 Å². The van der Waals surface area contributed by atoms with Crippen LogP contribution < -0.4 is 10.6 Å². The maximum absolute atomic E-state index is 5.57. The van der Waals surface area contributed by atoms with Gasteiger partial charge in [-0.25, -0.2) is 0 Å². The van der Waals surface area contributed by atoms with E-state index in [0.717, 1.165) is 12.2 Å². The van der Waals surface area contributed by atoms with Crippen molar-refractivity contribution in [1.29, 1.82) is 0 Å². The van der Waals surface area contributed by atoms with Crippen molar-refractivity contribution in [2.24, 2.45) is 0 Å². The molecule has 0 atom stereocenters. The number of thioether (sulfide) groups is 1.